The van der Waals surface area contributed by atoms with Crippen LogP contribution in [0.2, 0.25) is 0 Å². The van der Waals surface area contributed by atoms with Gasteiger partial charge in [-0.1, -0.05) is 32.6 Å². The highest BCUT2D eigenvalue weighted by molar-refractivity contribution is 5.70. The molecule has 1 saturated heterocycles. The lowest BCUT2D eigenvalue weighted by molar-refractivity contribution is -0.145. The lowest BCUT2D eigenvalue weighted by Gasteiger charge is -2.39. The van der Waals surface area contributed by atoms with Gasteiger partial charge >= 0.3 is 5.97 Å². The molecule has 0 N–H and O–H groups in total. The van der Waals surface area contributed by atoms with Crippen molar-refractivity contribution in [3.63, 3.8) is 0 Å². The Morgan fingerprint density at radius 2 is 1.71 bits per heavy atom. The Labute approximate surface area is 130 Å². The Kier molecular flexibility index (Phi) is 7.01. The van der Waals surface area contributed by atoms with Crippen LogP contribution in [0.25, 0.3) is 0 Å². The van der Waals surface area contributed by atoms with Gasteiger partial charge in [0.1, 0.15) is 0 Å². The molecule has 0 bridgehead atoms. The van der Waals surface area contributed by atoms with Crippen LogP contribution < -0.4 is 0 Å². The summed E-state index contributed by atoms with van der Waals surface area (Å²) in [4.78, 5) is 14.7. The molecule has 3 heteroatoms. The SMILES string of the molecule is CCOC(=O)CC(C1CCC(C)CC1)N1CCCCCC1. The maximum atomic E-state index is 12.0. The number of carbonyl (C=O) groups excluding carboxylic acids is 1. The van der Waals surface area contributed by atoms with Crippen LogP contribution in [0, 0.1) is 11.8 Å². The van der Waals surface area contributed by atoms with Crippen LogP contribution in [0.1, 0.15) is 71.6 Å². The van der Waals surface area contributed by atoms with Crippen molar-refractivity contribution in [1.29, 1.82) is 0 Å². The molecule has 1 saturated carbocycles. The minimum absolute atomic E-state index is 0.00497. The Balaban J connectivity index is 1.99. The molecule has 1 atom stereocenters. The molecule has 3 nitrogen and oxygen atoms in total. The first-order valence-corrected chi connectivity index (χ1v) is 9.10. The van der Waals surface area contributed by atoms with Gasteiger partial charge in [-0.2, -0.15) is 0 Å². The molecule has 0 aromatic carbocycles. The lowest BCUT2D eigenvalue weighted by Crippen LogP contribution is -2.44. The molecule has 1 aliphatic heterocycles. The fourth-order valence-electron chi connectivity index (χ4n) is 4.08. The molecule has 2 fully saturated rings. The fourth-order valence-corrected chi connectivity index (χ4v) is 4.08. The van der Waals surface area contributed by atoms with E-state index in [1.807, 2.05) is 6.92 Å². The van der Waals surface area contributed by atoms with E-state index in [1.54, 1.807) is 0 Å². The molecule has 0 amide bonds. The Bertz CT molecular complexity index is 302. The topological polar surface area (TPSA) is 29.5 Å². The van der Waals surface area contributed by atoms with E-state index in [0.717, 1.165) is 5.92 Å². The van der Waals surface area contributed by atoms with Crippen molar-refractivity contribution in [3.8, 4) is 0 Å². The van der Waals surface area contributed by atoms with E-state index in [1.165, 1.54) is 64.5 Å². The third-order valence-corrected chi connectivity index (χ3v) is 5.40. The van der Waals surface area contributed by atoms with Gasteiger partial charge in [0.05, 0.1) is 13.0 Å². The van der Waals surface area contributed by atoms with Crippen LogP contribution in [-0.2, 0) is 9.53 Å². The number of ether oxygens (including phenoxy) is 1. The van der Waals surface area contributed by atoms with Crippen LogP contribution in [0.15, 0.2) is 0 Å². The van der Waals surface area contributed by atoms with Crippen LogP contribution >= 0.6 is 0 Å². The summed E-state index contributed by atoms with van der Waals surface area (Å²) in [6, 6.07) is 0.426. The molecule has 1 unspecified atom stereocenters. The lowest BCUT2D eigenvalue weighted by atomic mass is 9.78. The predicted octanol–water partition coefficient (Wildman–Crippen LogP) is 4.01. The zero-order chi connectivity index (χ0) is 15.1. The number of esters is 1. The molecule has 21 heavy (non-hydrogen) atoms. The van der Waals surface area contributed by atoms with E-state index in [4.69, 9.17) is 4.74 Å². The summed E-state index contributed by atoms with van der Waals surface area (Å²) in [5.41, 5.74) is 0. The van der Waals surface area contributed by atoms with Crippen molar-refractivity contribution >= 4 is 5.97 Å². The minimum atomic E-state index is 0.00497. The highest BCUT2D eigenvalue weighted by atomic mass is 16.5. The number of nitrogens with zero attached hydrogens (tertiary/aromatic N) is 1. The molecule has 0 aromatic rings. The molecule has 122 valence electrons. The van der Waals surface area contributed by atoms with Crippen LogP contribution in [-0.4, -0.2) is 36.6 Å². The highest BCUT2D eigenvalue weighted by Crippen LogP contribution is 2.34. The zero-order valence-corrected chi connectivity index (χ0v) is 14.0. The summed E-state index contributed by atoms with van der Waals surface area (Å²) >= 11 is 0. The first-order valence-electron chi connectivity index (χ1n) is 9.10. The third-order valence-electron chi connectivity index (χ3n) is 5.40. The van der Waals surface area contributed by atoms with E-state index in [2.05, 4.69) is 11.8 Å². The number of carbonyl (C=O) groups is 1. The van der Waals surface area contributed by atoms with Crippen molar-refractivity contribution in [2.75, 3.05) is 19.7 Å². The minimum Gasteiger partial charge on any atom is -0.466 e. The van der Waals surface area contributed by atoms with E-state index in [-0.39, 0.29) is 5.97 Å². The largest absolute Gasteiger partial charge is 0.466 e. The number of hydrogen-bond donors (Lipinski definition) is 0. The molecule has 0 aromatic heterocycles. The molecule has 1 heterocycles. The zero-order valence-electron chi connectivity index (χ0n) is 14.0. The molecule has 2 rings (SSSR count). The molecule has 0 spiro atoms. The van der Waals surface area contributed by atoms with Gasteiger partial charge in [0.2, 0.25) is 0 Å². The van der Waals surface area contributed by atoms with Gasteiger partial charge in [0, 0.05) is 6.04 Å². The molecular formula is C18H33NO2. The second-order valence-electron chi connectivity index (χ2n) is 7.05. The van der Waals surface area contributed by atoms with Gasteiger partial charge in [-0.25, -0.2) is 0 Å². The Morgan fingerprint density at radius 1 is 1.10 bits per heavy atom. The van der Waals surface area contributed by atoms with Crippen molar-refractivity contribution in [2.45, 2.75) is 77.7 Å². The smallest absolute Gasteiger partial charge is 0.307 e. The Hall–Kier alpha value is -0.570. The summed E-state index contributed by atoms with van der Waals surface area (Å²) in [7, 11) is 0. The quantitative estimate of drug-likeness (QED) is 0.718. The average Bonchev–Trinajstić information content (AvgIpc) is 2.75. The summed E-state index contributed by atoms with van der Waals surface area (Å²) < 4.78 is 5.24. The molecule has 2 aliphatic rings. The molecule has 1 aliphatic carbocycles. The molecular weight excluding hydrogens is 262 g/mol. The van der Waals surface area contributed by atoms with Gasteiger partial charge in [-0.3, -0.25) is 9.69 Å². The first-order chi connectivity index (χ1) is 10.2. The fraction of sp³-hybridized carbons (Fsp3) is 0.944. The van der Waals surface area contributed by atoms with Gasteiger partial charge < -0.3 is 4.74 Å². The van der Waals surface area contributed by atoms with E-state index in [0.29, 0.717) is 25.0 Å². The summed E-state index contributed by atoms with van der Waals surface area (Å²) in [5.74, 6) is 1.57. The average molecular weight is 295 g/mol. The van der Waals surface area contributed by atoms with Crippen LogP contribution in [0.3, 0.4) is 0 Å². The van der Waals surface area contributed by atoms with Crippen molar-refractivity contribution in [3.05, 3.63) is 0 Å². The Morgan fingerprint density at radius 3 is 2.29 bits per heavy atom. The van der Waals surface area contributed by atoms with Crippen LogP contribution in [0.5, 0.6) is 0 Å². The number of rotatable bonds is 5. The van der Waals surface area contributed by atoms with Gasteiger partial charge in [-0.05, 0) is 57.5 Å². The number of hydrogen-bond acceptors (Lipinski definition) is 3. The number of likely N-dealkylation sites (tertiary alicyclic amines) is 1. The second-order valence-corrected chi connectivity index (χ2v) is 7.05. The van der Waals surface area contributed by atoms with Gasteiger partial charge in [0.25, 0.3) is 0 Å². The van der Waals surface area contributed by atoms with Crippen molar-refractivity contribution < 1.29 is 9.53 Å². The van der Waals surface area contributed by atoms with Gasteiger partial charge in [-0.15, -0.1) is 0 Å². The third kappa shape index (κ3) is 5.28. The monoisotopic (exact) mass is 295 g/mol. The maximum Gasteiger partial charge on any atom is 0.307 e. The second kappa shape index (κ2) is 8.77. The normalized spacial score (nSPS) is 29.6. The van der Waals surface area contributed by atoms with E-state index in [9.17, 15) is 4.79 Å². The summed E-state index contributed by atoms with van der Waals surface area (Å²) in [6.07, 6.45) is 11.1. The predicted molar refractivity (Wildman–Crippen MR) is 86.2 cm³/mol. The maximum absolute atomic E-state index is 12.0. The van der Waals surface area contributed by atoms with Crippen LogP contribution in [0.4, 0.5) is 0 Å². The van der Waals surface area contributed by atoms with E-state index < -0.39 is 0 Å². The van der Waals surface area contributed by atoms with Gasteiger partial charge in [0.15, 0.2) is 0 Å². The molecule has 0 radical (unpaired) electrons. The van der Waals surface area contributed by atoms with Crippen molar-refractivity contribution in [1.82, 2.24) is 4.90 Å². The highest BCUT2D eigenvalue weighted by Gasteiger charge is 2.32. The summed E-state index contributed by atoms with van der Waals surface area (Å²) in [6.45, 7) is 7.13. The summed E-state index contributed by atoms with van der Waals surface area (Å²) in [5, 5.41) is 0. The van der Waals surface area contributed by atoms with Crippen molar-refractivity contribution in [2.24, 2.45) is 11.8 Å². The standard InChI is InChI=1S/C18H33NO2/c1-3-21-18(20)14-17(16-10-8-15(2)9-11-16)19-12-6-4-5-7-13-19/h15-17H,3-14H2,1-2H3. The van der Waals surface area contributed by atoms with E-state index >= 15 is 0 Å². The first kappa shape index (κ1) is 16.8.